The molecule has 5 rings (SSSR count). The first kappa shape index (κ1) is 20.3. The number of hydrogen-bond acceptors (Lipinski definition) is 5. The molecule has 2 heterocycles. The van der Waals surface area contributed by atoms with Crippen LogP contribution in [0.5, 0.6) is 5.75 Å². The molecule has 2 aromatic carbocycles. The van der Waals surface area contributed by atoms with Crippen molar-refractivity contribution in [2.24, 2.45) is 0 Å². The second-order valence-corrected chi connectivity index (χ2v) is 8.48. The molecular weight excluding hydrogens is 426 g/mol. The van der Waals surface area contributed by atoms with Gasteiger partial charge in [0.1, 0.15) is 23.5 Å². The van der Waals surface area contributed by atoms with Crippen molar-refractivity contribution in [1.29, 1.82) is 0 Å². The Kier molecular flexibility index (Phi) is 5.19. The molecule has 1 amide bonds. The number of aromatic nitrogens is 3. The van der Waals surface area contributed by atoms with Crippen LogP contribution in [0.2, 0.25) is 5.02 Å². The Hall–Kier alpha value is -3.58. The highest BCUT2D eigenvalue weighted by molar-refractivity contribution is 6.30. The summed E-state index contributed by atoms with van der Waals surface area (Å²) in [6, 6.07) is 12.1. The summed E-state index contributed by atoms with van der Waals surface area (Å²) in [5.74, 6) is 0.0311. The molecule has 0 atom stereocenters. The van der Waals surface area contributed by atoms with E-state index in [1.165, 1.54) is 19.2 Å². The molecule has 1 fully saturated rings. The van der Waals surface area contributed by atoms with Crippen molar-refractivity contribution in [3.05, 3.63) is 65.6 Å². The van der Waals surface area contributed by atoms with E-state index in [2.05, 4.69) is 19.9 Å². The molecule has 0 spiro atoms. The zero-order valence-corrected chi connectivity index (χ0v) is 18.0. The first-order chi connectivity index (χ1) is 15.5. The SMILES string of the molecule is Nc1ncnc2c1c(-c1ccc(NC(=O)c3ccc(Cl)cc3)c(O)c1)cn2C1CCCC1. The van der Waals surface area contributed by atoms with Crippen LogP contribution in [0.25, 0.3) is 22.2 Å². The summed E-state index contributed by atoms with van der Waals surface area (Å²) in [6.07, 6.45) is 8.14. The lowest BCUT2D eigenvalue weighted by molar-refractivity contribution is 0.102. The van der Waals surface area contributed by atoms with Gasteiger partial charge in [0.25, 0.3) is 5.91 Å². The first-order valence-corrected chi connectivity index (χ1v) is 10.9. The molecule has 4 N–H and O–H groups in total. The largest absolute Gasteiger partial charge is 0.506 e. The van der Waals surface area contributed by atoms with E-state index in [9.17, 15) is 9.90 Å². The van der Waals surface area contributed by atoms with Crippen LogP contribution < -0.4 is 11.1 Å². The van der Waals surface area contributed by atoms with E-state index in [1.54, 1.807) is 36.4 Å². The minimum absolute atomic E-state index is 0.0398. The predicted molar refractivity (Wildman–Crippen MR) is 126 cm³/mol. The number of amides is 1. The number of rotatable bonds is 4. The number of hydrogen-bond donors (Lipinski definition) is 3. The van der Waals surface area contributed by atoms with E-state index in [0.29, 0.717) is 28.1 Å². The molecule has 2 aromatic heterocycles. The van der Waals surface area contributed by atoms with Crippen LogP contribution in [0.1, 0.15) is 42.1 Å². The number of nitrogen functional groups attached to an aromatic ring is 1. The summed E-state index contributed by atoms with van der Waals surface area (Å²) >= 11 is 5.88. The topological polar surface area (TPSA) is 106 Å². The third kappa shape index (κ3) is 3.65. The quantitative estimate of drug-likeness (QED) is 0.363. The maximum atomic E-state index is 12.5. The highest BCUT2D eigenvalue weighted by Gasteiger charge is 2.23. The van der Waals surface area contributed by atoms with Crippen molar-refractivity contribution in [2.45, 2.75) is 31.7 Å². The standard InChI is InChI=1S/C24H22ClN5O2/c25-16-8-5-14(6-9-16)24(32)29-19-10-7-15(11-20(19)31)18-12-30(17-3-1-2-4-17)23-21(18)22(26)27-13-28-23/h5-13,17,31H,1-4H2,(H,29,32)(H2,26,27,28). The third-order valence-electron chi connectivity index (χ3n) is 6.02. The molecule has 0 aliphatic heterocycles. The highest BCUT2D eigenvalue weighted by Crippen LogP contribution is 2.40. The van der Waals surface area contributed by atoms with E-state index in [0.717, 1.165) is 35.0 Å². The van der Waals surface area contributed by atoms with Crippen molar-refractivity contribution in [3.8, 4) is 16.9 Å². The fraction of sp³-hybridized carbons (Fsp3) is 0.208. The lowest BCUT2D eigenvalue weighted by Crippen LogP contribution is -2.11. The van der Waals surface area contributed by atoms with E-state index in [1.807, 2.05) is 12.3 Å². The van der Waals surface area contributed by atoms with Crippen LogP contribution in [0.4, 0.5) is 11.5 Å². The van der Waals surface area contributed by atoms with Gasteiger partial charge in [-0.05, 0) is 54.8 Å². The summed E-state index contributed by atoms with van der Waals surface area (Å²) in [5.41, 5.74) is 9.42. The Bertz CT molecular complexity index is 1310. The number of phenolic OH excluding ortho intramolecular Hbond substituents is 1. The van der Waals surface area contributed by atoms with Crippen LogP contribution in [0.3, 0.4) is 0 Å². The van der Waals surface area contributed by atoms with Crippen molar-refractivity contribution in [1.82, 2.24) is 14.5 Å². The third-order valence-corrected chi connectivity index (χ3v) is 6.27. The Morgan fingerprint density at radius 2 is 1.88 bits per heavy atom. The fourth-order valence-corrected chi connectivity index (χ4v) is 4.51. The molecule has 0 saturated heterocycles. The lowest BCUT2D eigenvalue weighted by Gasteiger charge is -2.12. The van der Waals surface area contributed by atoms with Gasteiger partial charge in [-0.3, -0.25) is 4.79 Å². The van der Waals surface area contributed by atoms with Crippen LogP contribution in [-0.2, 0) is 0 Å². The minimum Gasteiger partial charge on any atom is -0.506 e. The van der Waals surface area contributed by atoms with E-state index in [4.69, 9.17) is 17.3 Å². The molecule has 7 nitrogen and oxygen atoms in total. The van der Waals surface area contributed by atoms with Gasteiger partial charge < -0.3 is 20.7 Å². The molecule has 162 valence electrons. The normalized spacial score (nSPS) is 14.2. The molecule has 0 bridgehead atoms. The molecule has 8 heteroatoms. The summed E-state index contributed by atoms with van der Waals surface area (Å²) in [6.45, 7) is 0. The van der Waals surface area contributed by atoms with Gasteiger partial charge in [0.2, 0.25) is 0 Å². The number of carbonyl (C=O) groups is 1. The number of aromatic hydroxyl groups is 1. The van der Waals surface area contributed by atoms with Crippen molar-refractivity contribution in [2.75, 3.05) is 11.1 Å². The summed E-state index contributed by atoms with van der Waals surface area (Å²) < 4.78 is 2.18. The molecule has 0 radical (unpaired) electrons. The number of anilines is 2. The second kappa shape index (κ2) is 8.16. The average Bonchev–Trinajstić information content (AvgIpc) is 3.44. The summed E-state index contributed by atoms with van der Waals surface area (Å²) in [5, 5.41) is 14.7. The van der Waals surface area contributed by atoms with E-state index in [-0.39, 0.29) is 11.7 Å². The molecule has 1 aliphatic rings. The van der Waals surface area contributed by atoms with Gasteiger partial charge in [0, 0.05) is 28.4 Å². The zero-order chi connectivity index (χ0) is 22.2. The average molecular weight is 448 g/mol. The lowest BCUT2D eigenvalue weighted by atomic mass is 10.0. The molecular formula is C24H22ClN5O2. The van der Waals surface area contributed by atoms with Gasteiger partial charge in [-0.2, -0.15) is 0 Å². The molecule has 0 unspecified atom stereocenters. The predicted octanol–water partition coefficient (Wildman–Crippen LogP) is 5.41. The van der Waals surface area contributed by atoms with Crippen molar-refractivity contribution >= 4 is 40.0 Å². The van der Waals surface area contributed by atoms with Crippen molar-refractivity contribution < 1.29 is 9.90 Å². The molecule has 32 heavy (non-hydrogen) atoms. The number of nitrogens with one attached hydrogen (secondary N) is 1. The fourth-order valence-electron chi connectivity index (χ4n) is 4.39. The zero-order valence-electron chi connectivity index (χ0n) is 17.3. The van der Waals surface area contributed by atoms with Crippen LogP contribution in [0, 0.1) is 0 Å². The summed E-state index contributed by atoms with van der Waals surface area (Å²) in [4.78, 5) is 21.2. The van der Waals surface area contributed by atoms with Gasteiger partial charge in [-0.1, -0.05) is 30.5 Å². The van der Waals surface area contributed by atoms with Gasteiger partial charge >= 0.3 is 0 Å². The number of fused-ring (bicyclic) bond motifs is 1. The molecule has 1 saturated carbocycles. The van der Waals surface area contributed by atoms with E-state index >= 15 is 0 Å². The minimum atomic E-state index is -0.333. The highest BCUT2D eigenvalue weighted by atomic mass is 35.5. The Balaban J connectivity index is 1.50. The smallest absolute Gasteiger partial charge is 0.255 e. The van der Waals surface area contributed by atoms with Crippen molar-refractivity contribution in [3.63, 3.8) is 0 Å². The second-order valence-electron chi connectivity index (χ2n) is 8.04. The number of nitrogens with two attached hydrogens (primary N) is 1. The van der Waals surface area contributed by atoms with Crippen LogP contribution in [-0.4, -0.2) is 25.5 Å². The maximum absolute atomic E-state index is 12.5. The monoisotopic (exact) mass is 447 g/mol. The Morgan fingerprint density at radius 3 is 2.59 bits per heavy atom. The number of halogens is 1. The number of phenols is 1. The molecule has 1 aliphatic carbocycles. The van der Waals surface area contributed by atoms with Gasteiger partial charge in [0.05, 0.1) is 11.1 Å². The Morgan fingerprint density at radius 1 is 1.12 bits per heavy atom. The summed E-state index contributed by atoms with van der Waals surface area (Å²) in [7, 11) is 0. The van der Waals surface area contributed by atoms with Crippen LogP contribution >= 0.6 is 11.6 Å². The maximum Gasteiger partial charge on any atom is 0.255 e. The number of nitrogens with zero attached hydrogens (tertiary/aromatic N) is 3. The Labute approximate surface area is 189 Å². The first-order valence-electron chi connectivity index (χ1n) is 10.5. The number of benzene rings is 2. The van der Waals surface area contributed by atoms with Gasteiger partial charge in [-0.25, -0.2) is 9.97 Å². The van der Waals surface area contributed by atoms with E-state index < -0.39 is 0 Å². The number of carbonyl (C=O) groups excluding carboxylic acids is 1. The van der Waals surface area contributed by atoms with Crippen LogP contribution in [0.15, 0.2) is 55.0 Å². The molecule has 4 aromatic rings. The van der Waals surface area contributed by atoms with Gasteiger partial charge in [0.15, 0.2) is 0 Å². The van der Waals surface area contributed by atoms with Gasteiger partial charge in [-0.15, -0.1) is 0 Å².